The summed E-state index contributed by atoms with van der Waals surface area (Å²) in [4.78, 5) is 16.6. The number of carbonyl (C=O) groups excluding carboxylic acids is 1. The molecule has 3 N–H and O–H groups in total. The summed E-state index contributed by atoms with van der Waals surface area (Å²) in [5.74, 6) is 5.47. The number of nitrogens with one attached hydrogen (secondary N) is 1. The van der Waals surface area contributed by atoms with E-state index in [1.54, 1.807) is 0 Å². The number of nitrogens with zero attached hydrogens (tertiary/aromatic N) is 1. The summed E-state index contributed by atoms with van der Waals surface area (Å²) in [5, 5.41) is 1.11. The molecule has 0 saturated heterocycles. The second-order valence-corrected chi connectivity index (χ2v) is 5.31. The van der Waals surface area contributed by atoms with Crippen molar-refractivity contribution < 1.29 is 4.79 Å². The van der Waals surface area contributed by atoms with Gasteiger partial charge >= 0.3 is 0 Å². The third-order valence-corrected chi connectivity index (χ3v) is 4.42. The molecule has 16 heavy (non-hydrogen) atoms. The molecule has 88 valence electrons. The van der Waals surface area contributed by atoms with E-state index in [9.17, 15) is 4.79 Å². The van der Waals surface area contributed by atoms with E-state index in [1.807, 2.05) is 6.92 Å². The van der Waals surface area contributed by atoms with Crippen LogP contribution in [-0.4, -0.2) is 10.9 Å². The molecule has 1 heterocycles. The fourth-order valence-electron chi connectivity index (χ4n) is 2.22. The number of hydrazine groups is 1. The van der Waals surface area contributed by atoms with Crippen LogP contribution in [0.15, 0.2) is 0 Å². The van der Waals surface area contributed by atoms with E-state index >= 15 is 0 Å². The lowest BCUT2D eigenvalue weighted by atomic mass is 9.90. The van der Waals surface area contributed by atoms with Crippen LogP contribution in [0.5, 0.6) is 0 Å². The summed E-state index contributed by atoms with van der Waals surface area (Å²) < 4.78 is 0. The van der Waals surface area contributed by atoms with Crippen molar-refractivity contribution in [1.29, 1.82) is 0 Å². The van der Waals surface area contributed by atoms with Gasteiger partial charge in [-0.3, -0.25) is 10.2 Å². The first-order chi connectivity index (χ1) is 7.72. The third kappa shape index (κ3) is 2.25. The summed E-state index contributed by atoms with van der Waals surface area (Å²) >= 11 is 1.50. The number of hydrogen-bond acceptors (Lipinski definition) is 4. The van der Waals surface area contributed by atoms with Gasteiger partial charge in [0.2, 0.25) is 0 Å². The first kappa shape index (κ1) is 11.5. The zero-order valence-electron chi connectivity index (χ0n) is 9.45. The molecule has 1 aromatic heterocycles. The second-order valence-electron chi connectivity index (χ2n) is 4.28. The number of hydrogen-bond donors (Lipinski definition) is 2. The molecule has 1 amide bonds. The Bertz CT molecular complexity index is 383. The quantitative estimate of drug-likeness (QED) is 0.472. The zero-order chi connectivity index (χ0) is 11.5. The molecular formula is C11H17N3OS. The summed E-state index contributed by atoms with van der Waals surface area (Å²) in [6.07, 6.45) is 6.30. The second kappa shape index (κ2) is 4.93. The maximum atomic E-state index is 11.5. The van der Waals surface area contributed by atoms with E-state index in [1.165, 1.54) is 43.4 Å². The Kier molecular flexibility index (Phi) is 3.56. The van der Waals surface area contributed by atoms with Crippen LogP contribution in [-0.2, 0) is 0 Å². The number of nitrogen functional groups attached to an aromatic ring is 1. The van der Waals surface area contributed by atoms with E-state index in [4.69, 9.17) is 5.84 Å². The molecule has 0 aromatic carbocycles. The summed E-state index contributed by atoms with van der Waals surface area (Å²) in [6, 6.07) is 0. The molecule has 0 unspecified atom stereocenters. The summed E-state index contributed by atoms with van der Waals surface area (Å²) in [5.41, 5.74) is 2.97. The van der Waals surface area contributed by atoms with Crippen molar-refractivity contribution in [3.8, 4) is 0 Å². The highest BCUT2D eigenvalue weighted by atomic mass is 32.1. The van der Waals surface area contributed by atoms with Crippen LogP contribution in [0.25, 0.3) is 0 Å². The maximum absolute atomic E-state index is 11.5. The lowest BCUT2D eigenvalue weighted by Crippen LogP contribution is -2.29. The van der Waals surface area contributed by atoms with E-state index in [0.29, 0.717) is 10.8 Å². The topological polar surface area (TPSA) is 68.0 Å². The number of thiazole rings is 1. The average molecular weight is 239 g/mol. The molecule has 4 nitrogen and oxygen atoms in total. The van der Waals surface area contributed by atoms with E-state index in [0.717, 1.165) is 10.7 Å². The highest BCUT2D eigenvalue weighted by molar-refractivity contribution is 7.13. The molecule has 1 fully saturated rings. The minimum Gasteiger partial charge on any atom is -0.289 e. The van der Waals surface area contributed by atoms with Crippen molar-refractivity contribution in [2.75, 3.05) is 0 Å². The Labute approximate surface area is 99.2 Å². The maximum Gasteiger partial charge on any atom is 0.277 e. The largest absolute Gasteiger partial charge is 0.289 e. The predicted molar refractivity (Wildman–Crippen MR) is 64.3 cm³/mol. The number of amides is 1. The molecule has 1 aliphatic carbocycles. The average Bonchev–Trinajstić information content (AvgIpc) is 2.71. The summed E-state index contributed by atoms with van der Waals surface area (Å²) in [7, 11) is 0. The minimum absolute atomic E-state index is 0.225. The number of aryl methyl sites for hydroxylation is 1. The Balaban J connectivity index is 2.19. The predicted octanol–water partition coefficient (Wildman–Crippen LogP) is 2.10. The van der Waals surface area contributed by atoms with Crippen molar-refractivity contribution in [2.24, 2.45) is 5.84 Å². The molecule has 0 spiro atoms. The van der Waals surface area contributed by atoms with E-state index < -0.39 is 0 Å². The van der Waals surface area contributed by atoms with Gasteiger partial charge in [0.1, 0.15) is 4.88 Å². The Morgan fingerprint density at radius 3 is 2.75 bits per heavy atom. The molecule has 1 saturated carbocycles. The van der Waals surface area contributed by atoms with Gasteiger partial charge in [-0.1, -0.05) is 19.3 Å². The van der Waals surface area contributed by atoms with Crippen LogP contribution < -0.4 is 11.3 Å². The Morgan fingerprint density at radius 2 is 2.12 bits per heavy atom. The summed E-state index contributed by atoms with van der Waals surface area (Å²) in [6.45, 7) is 1.87. The van der Waals surface area contributed by atoms with Gasteiger partial charge in [0.15, 0.2) is 0 Å². The highest BCUT2D eigenvalue weighted by Crippen LogP contribution is 2.35. The Hall–Kier alpha value is -0.940. The molecule has 0 aliphatic heterocycles. The lowest BCUT2D eigenvalue weighted by Gasteiger charge is -2.18. The number of rotatable bonds is 2. The standard InChI is InChI=1S/C11H17N3OS/c1-7-9(10(15)14-12)16-11(13-7)8-5-3-2-4-6-8/h8H,2-6,12H2,1H3,(H,14,15). The van der Waals surface area contributed by atoms with Crippen LogP contribution in [0.4, 0.5) is 0 Å². The number of carbonyl (C=O) groups is 1. The SMILES string of the molecule is Cc1nc(C2CCCCC2)sc1C(=O)NN. The third-order valence-electron chi connectivity index (χ3n) is 3.10. The lowest BCUT2D eigenvalue weighted by molar-refractivity contribution is 0.0957. The van der Waals surface area contributed by atoms with Gasteiger partial charge in [-0.25, -0.2) is 10.8 Å². The van der Waals surface area contributed by atoms with Gasteiger partial charge in [0.05, 0.1) is 10.7 Å². The zero-order valence-corrected chi connectivity index (χ0v) is 10.3. The molecule has 0 bridgehead atoms. The van der Waals surface area contributed by atoms with Crippen molar-refractivity contribution in [3.05, 3.63) is 15.6 Å². The van der Waals surface area contributed by atoms with E-state index in [-0.39, 0.29) is 5.91 Å². The van der Waals surface area contributed by atoms with Gasteiger partial charge < -0.3 is 0 Å². The van der Waals surface area contributed by atoms with Gasteiger partial charge in [-0.15, -0.1) is 11.3 Å². The molecule has 0 atom stereocenters. The van der Waals surface area contributed by atoms with Gasteiger partial charge in [0.25, 0.3) is 5.91 Å². The van der Waals surface area contributed by atoms with Crippen LogP contribution in [0.3, 0.4) is 0 Å². The van der Waals surface area contributed by atoms with Crippen molar-refractivity contribution >= 4 is 17.2 Å². The molecule has 1 aliphatic rings. The highest BCUT2D eigenvalue weighted by Gasteiger charge is 2.22. The van der Waals surface area contributed by atoms with Crippen LogP contribution in [0.2, 0.25) is 0 Å². The van der Waals surface area contributed by atoms with Gasteiger partial charge in [0, 0.05) is 5.92 Å². The van der Waals surface area contributed by atoms with Crippen LogP contribution >= 0.6 is 11.3 Å². The van der Waals surface area contributed by atoms with Crippen LogP contribution in [0, 0.1) is 6.92 Å². The molecule has 2 rings (SSSR count). The first-order valence-electron chi connectivity index (χ1n) is 5.70. The molecule has 1 aromatic rings. The Morgan fingerprint density at radius 1 is 1.44 bits per heavy atom. The van der Waals surface area contributed by atoms with Crippen molar-refractivity contribution in [1.82, 2.24) is 10.4 Å². The van der Waals surface area contributed by atoms with Crippen LogP contribution in [0.1, 0.15) is 58.4 Å². The van der Waals surface area contributed by atoms with Crippen molar-refractivity contribution in [3.63, 3.8) is 0 Å². The van der Waals surface area contributed by atoms with Gasteiger partial charge in [-0.2, -0.15) is 0 Å². The molecule has 0 radical (unpaired) electrons. The minimum atomic E-state index is -0.225. The van der Waals surface area contributed by atoms with E-state index in [2.05, 4.69) is 10.4 Å². The van der Waals surface area contributed by atoms with Gasteiger partial charge in [-0.05, 0) is 19.8 Å². The fourth-order valence-corrected chi connectivity index (χ4v) is 3.36. The normalized spacial score (nSPS) is 17.4. The monoisotopic (exact) mass is 239 g/mol. The molecule has 5 heteroatoms. The fraction of sp³-hybridized carbons (Fsp3) is 0.636. The number of nitrogens with two attached hydrogens (primary N) is 1. The van der Waals surface area contributed by atoms with Crippen molar-refractivity contribution in [2.45, 2.75) is 44.9 Å². The first-order valence-corrected chi connectivity index (χ1v) is 6.52. The number of aromatic nitrogens is 1. The smallest absolute Gasteiger partial charge is 0.277 e. The molecular weight excluding hydrogens is 222 g/mol.